The van der Waals surface area contributed by atoms with Crippen LogP contribution in [0.1, 0.15) is 49.3 Å². The maximum atomic E-state index is 11.9. The Morgan fingerprint density at radius 3 is 2.86 bits per heavy atom. The molecule has 0 aliphatic heterocycles. The van der Waals surface area contributed by atoms with Crippen LogP contribution in [-0.2, 0) is 11.2 Å². The lowest BCUT2D eigenvalue weighted by Crippen LogP contribution is -2.36. The number of hydrogen-bond donors (Lipinski definition) is 2. The number of hydrogen-bond acceptors (Lipinski definition) is 3. The van der Waals surface area contributed by atoms with E-state index >= 15 is 0 Å². The van der Waals surface area contributed by atoms with E-state index in [2.05, 4.69) is 16.7 Å². The molecule has 1 fully saturated rings. The van der Waals surface area contributed by atoms with Crippen LogP contribution in [-0.4, -0.2) is 25.6 Å². The Morgan fingerprint density at radius 2 is 2.10 bits per heavy atom. The number of rotatable bonds is 5. The quantitative estimate of drug-likeness (QED) is 0.874. The van der Waals surface area contributed by atoms with Crippen molar-refractivity contribution in [2.75, 3.05) is 13.7 Å². The van der Waals surface area contributed by atoms with E-state index in [1.165, 1.54) is 24.0 Å². The summed E-state index contributed by atoms with van der Waals surface area (Å²) >= 11 is 0. The predicted molar refractivity (Wildman–Crippen MR) is 82.5 cm³/mol. The monoisotopic (exact) mass is 288 g/mol. The lowest BCUT2D eigenvalue weighted by molar-refractivity contribution is -0.123. The molecule has 1 aromatic carbocycles. The zero-order chi connectivity index (χ0) is 14.7. The van der Waals surface area contributed by atoms with E-state index in [1.807, 2.05) is 19.2 Å². The first kappa shape index (κ1) is 14.4. The van der Waals surface area contributed by atoms with E-state index in [0.29, 0.717) is 12.1 Å². The van der Waals surface area contributed by atoms with Crippen LogP contribution in [0.5, 0.6) is 5.75 Å². The molecule has 1 unspecified atom stereocenters. The number of fused-ring (bicyclic) bond motifs is 1. The largest absolute Gasteiger partial charge is 0.483 e. The highest BCUT2D eigenvalue weighted by atomic mass is 16.5. The Bertz CT molecular complexity index is 510. The van der Waals surface area contributed by atoms with Crippen molar-refractivity contribution in [1.29, 1.82) is 0 Å². The molecule has 0 radical (unpaired) electrons. The van der Waals surface area contributed by atoms with Gasteiger partial charge in [0.05, 0.1) is 0 Å². The van der Waals surface area contributed by atoms with Gasteiger partial charge in [-0.15, -0.1) is 0 Å². The van der Waals surface area contributed by atoms with E-state index in [4.69, 9.17) is 4.74 Å². The number of amides is 1. The zero-order valence-corrected chi connectivity index (χ0v) is 12.7. The summed E-state index contributed by atoms with van der Waals surface area (Å²) in [5, 5.41) is 6.39. The van der Waals surface area contributed by atoms with Crippen LogP contribution in [0, 0.1) is 0 Å². The van der Waals surface area contributed by atoms with E-state index in [1.54, 1.807) is 0 Å². The van der Waals surface area contributed by atoms with Gasteiger partial charge in [-0.05, 0) is 49.9 Å². The molecule has 1 atom stereocenters. The third kappa shape index (κ3) is 3.21. The summed E-state index contributed by atoms with van der Waals surface area (Å²) in [6.45, 7) is 0.122. The summed E-state index contributed by atoms with van der Waals surface area (Å²) in [6, 6.07) is 6.90. The molecular formula is C17H24N2O2. The molecule has 0 saturated heterocycles. The molecule has 0 spiro atoms. The van der Waals surface area contributed by atoms with Gasteiger partial charge in [-0.3, -0.25) is 4.79 Å². The molecule has 4 nitrogen and oxygen atoms in total. The molecule has 0 heterocycles. The third-order valence-corrected chi connectivity index (χ3v) is 4.66. The molecule has 0 aromatic heterocycles. The van der Waals surface area contributed by atoms with E-state index in [9.17, 15) is 4.79 Å². The van der Waals surface area contributed by atoms with Gasteiger partial charge in [-0.1, -0.05) is 25.0 Å². The molecule has 3 rings (SSSR count). The first-order chi connectivity index (χ1) is 10.3. The van der Waals surface area contributed by atoms with Crippen LogP contribution >= 0.6 is 0 Å². The topological polar surface area (TPSA) is 50.4 Å². The molecule has 4 heteroatoms. The molecule has 2 aliphatic rings. The van der Waals surface area contributed by atoms with Crippen molar-refractivity contribution in [3.63, 3.8) is 0 Å². The van der Waals surface area contributed by atoms with E-state index < -0.39 is 0 Å². The van der Waals surface area contributed by atoms with Crippen molar-refractivity contribution in [3.8, 4) is 5.75 Å². The minimum atomic E-state index is 0.00247. The highest BCUT2D eigenvalue weighted by Crippen LogP contribution is 2.36. The second kappa shape index (κ2) is 6.48. The Balaban J connectivity index is 1.58. The minimum absolute atomic E-state index is 0.00247. The standard InChI is InChI=1S/C17H24N2O2/c1-18-15-10-9-14-13(15)7-4-8-16(14)21-11-17(20)19-12-5-2-3-6-12/h4,7-8,12,15,18H,2-3,5-6,9-11H2,1H3,(H,19,20). The van der Waals surface area contributed by atoms with Crippen LogP contribution in [0.25, 0.3) is 0 Å². The second-order valence-corrected chi connectivity index (χ2v) is 6.04. The minimum Gasteiger partial charge on any atom is -0.483 e. The highest BCUT2D eigenvalue weighted by Gasteiger charge is 2.24. The van der Waals surface area contributed by atoms with Crippen molar-refractivity contribution in [3.05, 3.63) is 29.3 Å². The van der Waals surface area contributed by atoms with Crippen LogP contribution in [0.2, 0.25) is 0 Å². The van der Waals surface area contributed by atoms with Crippen LogP contribution in [0.15, 0.2) is 18.2 Å². The lowest BCUT2D eigenvalue weighted by Gasteiger charge is -2.15. The Labute approximate surface area is 126 Å². The summed E-state index contributed by atoms with van der Waals surface area (Å²) in [4.78, 5) is 11.9. The summed E-state index contributed by atoms with van der Waals surface area (Å²) in [5.41, 5.74) is 2.57. The lowest BCUT2D eigenvalue weighted by atomic mass is 10.1. The number of carbonyl (C=O) groups is 1. The number of benzene rings is 1. The van der Waals surface area contributed by atoms with Gasteiger partial charge in [-0.25, -0.2) is 0 Å². The Morgan fingerprint density at radius 1 is 1.29 bits per heavy atom. The van der Waals surface area contributed by atoms with Crippen molar-refractivity contribution in [2.24, 2.45) is 0 Å². The molecule has 1 amide bonds. The first-order valence-electron chi connectivity index (χ1n) is 7.99. The van der Waals surface area contributed by atoms with Gasteiger partial charge in [-0.2, -0.15) is 0 Å². The maximum absolute atomic E-state index is 11.9. The van der Waals surface area contributed by atoms with Crippen molar-refractivity contribution in [2.45, 2.75) is 50.6 Å². The van der Waals surface area contributed by atoms with Crippen LogP contribution in [0.3, 0.4) is 0 Å². The average Bonchev–Trinajstić information content (AvgIpc) is 3.14. The van der Waals surface area contributed by atoms with Crippen molar-refractivity contribution < 1.29 is 9.53 Å². The van der Waals surface area contributed by atoms with Crippen LogP contribution < -0.4 is 15.4 Å². The molecule has 2 N–H and O–H groups in total. The fourth-order valence-corrected chi connectivity index (χ4v) is 3.54. The molecular weight excluding hydrogens is 264 g/mol. The second-order valence-electron chi connectivity index (χ2n) is 6.04. The van der Waals surface area contributed by atoms with Crippen molar-refractivity contribution >= 4 is 5.91 Å². The van der Waals surface area contributed by atoms with E-state index in [0.717, 1.165) is 31.4 Å². The third-order valence-electron chi connectivity index (χ3n) is 4.66. The predicted octanol–water partition coefficient (Wildman–Crippen LogP) is 2.33. The van der Waals surface area contributed by atoms with E-state index in [-0.39, 0.29) is 12.5 Å². The highest BCUT2D eigenvalue weighted by molar-refractivity contribution is 5.78. The zero-order valence-electron chi connectivity index (χ0n) is 12.7. The fraction of sp³-hybridized carbons (Fsp3) is 0.588. The number of ether oxygens (including phenoxy) is 1. The van der Waals surface area contributed by atoms with Gasteiger partial charge >= 0.3 is 0 Å². The van der Waals surface area contributed by atoms with Gasteiger partial charge in [0, 0.05) is 12.1 Å². The normalized spacial score (nSPS) is 21.3. The van der Waals surface area contributed by atoms with Gasteiger partial charge in [0.1, 0.15) is 5.75 Å². The SMILES string of the molecule is CNC1CCc2c(OCC(=O)NC3CCCC3)cccc21. The number of nitrogens with one attached hydrogen (secondary N) is 2. The molecule has 114 valence electrons. The van der Waals surface area contributed by atoms with Gasteiger partial charge in [0.2, 0.25) is 0 Å². The summed E-state index contributed by atoms with van der Waals surface area (Å²) in [6.07, 6.45) is 6.78. The molecule has 2 aliphatic carbocycles. The first-order valence-corrected chi connectivity index (χ1v) is 7.99. The number of carbonyl (C=O) groups excluding carboxylic acids is 1. The summed E-state index contributed by atoms with van der Waals surface area (Å²) in [5.74, 6) is 0.870. The molecule has 1 aromatic rings. The smallest absolute Gasteiger partial charge is 0.258 e. The van der Waals surface area contributed by atoms with Crippen LogP contribution in [0.4, 0.5) is 0 Å². The molecule has 1 saturated carbocycles. The maximum Gasteiger partial charge on any atom is 0.258 e. The Hall–Kier alpha value is -1.55. The van der Waals surface area contributed by atoms with Gasteiger partial charge < -0.3 is 15.4 Å². The Kier molecular flexibility index (Phi) is 4.44. The van der Waals surface area contributed by atoms with Gasteiger partial charge in [0.25, 0.3) is 5.91 Å². The molecule has 21 heavy (non-hydrogen) atoms. The van der Waals surface area contributed by atoms with Crippen molar-refractivity contribution in [1.82, 2.24) is 10.6 Å². The summed E-state index contributed by atoms with van der Waals surface area (Å²) < 4.78 is 5.77. The van der Waals surface area contributed by atoms with Gasteiger partial charge in [0.15, 0.2) is 6.61 Å². The molecule has 0 bridgehead atoms. The fourth-order valence-electron chi connectivity index (χ4n) is 3.54. The summed E-state index contributed by atoms with van der Waals surface area (Å²) in [7, 11) is 1.99. The average molecular weight is 288 g/mol.